The fraction of sp³-hybridized carbons (Fsp3) is 0.606. The molecule has 3 heterocycles. The minimum atomic E-state index is -1.07. The van der Waals surface area contributed by atoms with E-state index in [0.29, 0.717) is 58.3 Å². The van der Waals surface area contributed by atoms with Gasteiger partial charge in [0.1, 0.15) is 11.6 Å². The van der Waals surface area contributed by atoms with Crippen LogP contribution >= 0.6 is 0 Å². The smallest absolute Gasteiger partial charge is 0.248 e. The van der Waals surface area contributed by atoms with Crippen molar-refractivity contribution < 1.29 is 24.2 Å². The van der Waals surface area contributed by atoms with E-state index in [1.807, 2.05) is 37.3 Å². The summed E-state index contributed by atoms with van der Waals surface area (Å²) in [6.07, 6.45) is 9.16. The summed E-state index contributed by atoms with van der Waals surface area (Å²) in [7, 11) is 0. The van der Waals surface area contributed by atoms with Gasteiger partial charge in [0.15, 0.2) is 0 Å². The van der Waals surface area contributed by atoms with Gasteiger partial charge in [-0.15, -0.1) is 13.2 Å². The number of hydrogen-bond donors (Lipinski definition) is 1. The topological polar surface area (TPSA) is 90.4 Å². The number of benzene rings is 1. The van der Waals surface area contributed by atoms with Gasteiger partial charge in [-0.2, -0.15) is 0 Å². The number of carbonyl (C=O) groups is 3. The molecular formula is C33H47N3O5. The normalized spacial score (nSPS) is 28.0. The molecule has 1 aromatic rings. The van der Waals surface area contributed by atoms with Crippen LogP contribution < -0.4 is 4.90 Å². The molecule has 5 atom stereocenters. The minimum absolute atomic E-state index is 0.0129. The lowest BCUT2D eigenvalue weighted by Gasteiger charge is -2.37. The number of rotatable bonds is 16. The zero-order valence-electron chi connectivity index (χ0n) is 24.8. The van der Waals surface area contributed by atoms with Gasteiger partial charge in [-0.1, -0.05) is 57.0 Å². The number of para-hydroxylation sites is 1. The Hall–Kier alpha value is -2.97. The number of aliphatic hydroxyl groups is 1. The van der Waals surface area contributed by atoms with Crippen molar-refractivity contribution in [2.45, 2.75) is 82.5 Å². The Morgan fingerprint density at radius 1 is 1.05 bits per heavy atom. The van der Waals surface area contributed by atoms with Crippen molar-refractivity contribution >= 4 is 23.4 Å². The zero-order chi connectivity index (χ0) is 29.6. The molecule has 4 rings (SSSR count). The van der Waals surface area contributed by atoms with E-state index in [4.69, 9.17) is 4.74 Å². The molecule has 1 spiro atoms. The number of hydrogen-bond acceptors (Lipinski definition) is 5. The van der Waals surface area contributed by atoms with Crippen LogP contribution in [0.3, 0.4) is 0 Å². The number of amides is 3. The van der Waals surface area contributed by atoms with Gasteiger partial charge in [-0.05, 0) is 50.7 Å². The lowest BCUT2D eigenvalue weighted by Crippen LogP contribution is -2.56. The maximum atomic E-state index is 14.5. The molecule has 3 fully saturated rings. The maximum absolute atomic E-state index is 14.5. The zero-order valence-corrected chi connectivity index (χ0v) is 24.8. The highest BCUT2D eigenvalue weighted by Gasteiger charge is 2.79. The van der Waals surface area contributed by atoms with Crippen LogP contribution in [-0.4, -0.2) is 82.7 Å². The highest BCUT2D eigenvalue weighted by molar-refractivity contribution is 6.03. The molecule has 8 nitrogen and oxygen atoms in total. The highest BCUT2D eigenvalue weighted by Crippen LogP contribution is 2.64. The molecule has 3 aliphatic rings. The summed E-state index contributed by atoms with van der Waals surface area (Å²) in [5, 5.41) is 9.45. The average molecular weight is 566 g/mol. The number of likely N-dealkylation sites (tertiary alicyclic amines) is 1. The lowest BCUT2D eigenvalue weighted by molar-refractivity contribution is -0.152. The van der Waals surface area contributed by atoms with Crippen molar-refractivity contribution in [1.29, 1.82) is 0 Å². The first kappa shape index (κ1) is 31.0. The van der Waals surface area contributed by atoms with E-state index in [-0.39, 0.29) is 24.3 Å². The number of ether oxygens (including phenoxy) is 1. The molecule has 1 aromatic carbocycles. The van der Waals surface area contributed by atoms with Crippen molar-refractivity contribution in [2.24, 2.45) is 11.8 Å². The number of fused-ring (bicyclic) bond motifs is 1. The summed E-state index contributed by atoms with van der Waals surface area (Å²) in [4.78, 5) is 48.5. The Kier molecular flexibility index (Phi) is 10.1. The molecule has 3 amide bonds. The van der Waals surface area contributed by atoms with Crippen molar-refractivity contribution in [3.8, 4) is 0 Å². The predicted octanol–water partition coefficient (Wildman–Crippen LogP) is 4.34. The molecular weight excluding hydrogens is 518 g/mol. The van der Waals surface area contributed by atoms with Gasteiger partial charge in [0.05, 0.1) is 17.4 Å². The molecule has 3 saturated heterocycles. The second-order valence-electron chi connectivity index (χ2n) is 11.6. The van der Waals surface area contributed by atoms with Crippen LogP contribution in [0.1, 0.15) is 65.2 Å². The van der Waals surface area contributed by atoms with Crippen LogP contribution in [-0.2, 0) is 19.1 Å². The Balaban J connectivity index is 1.77. The van der Waals surface area contributed by atoms with Crippen LogP contribution in [0.4, 0.5) is 5.69 Å². The standard InChI is InChI=1S/C33H47N3O5/c1-5-9-13-22-34(20-6-2)31(40)28-33-19-18-32(8-4,41-33)26(27(33)30(39)36(28)23-14-15-24-37)29(38)35(21-7-3)25-16-11-10-12-17-25/h6-7,10-12,16-17,26-28,37H,2-3,5,8-9,13-15,18-24H2,1,4H3/t26-,27+,28?,32+,33?/m1/s1. The van der Waals surface area contributed by atoms with E-state index in [0.717, 1.165) is 24.9 Å². The van der Waals surface area contributed by atoms with E-state index in [1.54, 1.807) is 26.9 Å². The first-order chi connectivity index (χ1) is 19.9. The van der Waals surface area contributed by atoms with Gasteiger partial charge in [-0.25, -0.2) is 0 Å². The molecule has 0 saturated carbocycles. The molecule has 1 N–H and O–H groups in total. The summed E-state index contributed by atoms with van der Waals surface area (Å²) < 4.78 is 6.95. The van der Waals surface area contributed by atoms with E-state index < -0.39 is 29.1 Å². The fourth-order valence-corrected chi connectivity index (χ4v) is 7.41. The Bertz CT molecular complexity index is 1110. The molecule has 41 heavy (non-hydrogen) atoms. The number of nitrogens with zero attached hydrogens (tertiary/aromatic N) is 3. The van der Waals surface area contributed by atoms with Crippen LogP contribution in [0.2, 0.25) is 0 Å². The molecule has 3 aliphatic heterocycles. The summed E-state index contributed by atoms with van der Waals surface area (Å²) in [6, 6.07) is 8.64. The van der Waals surface area contributed by atoms with Crippen LogP contribution in [0.25, 0.3) is 0 Å². The van der Waals surface area contributed by atoms with E-state index in [9.17, 15) is 19.5 Å². The van der Waals surface area contributed by atoms with E-state index in [1.165, 1.54) is 0 Å². The van der Waals surface area contributed by atoms with Crippen LogP contribution in [0, 0.1) is 11.8 Å². The second-order valence-corrected chi connectivity index (χ2v) is 11.6. The van der Waals surface area contributed by atoms with E-state index >= 15 is 0 Å². The highest BCUT2D eigenvalue weighted by atomic mass is 16.5. The molecule has 2 bridgehead atoms. The Labute approximate surface area is 245 Å². The first-order valence-electron chi connectivity index (χ1n) is 15.3. The molecule has 0 radical (unpaired) electrons. The van der Waals surface area contributed by atoms with Gasteiger partial charge < -0.3 is 24.5 Å². The van der Waals surface area contributed by atoms with Crippen LogP contribution in [0.5, 0.6) is 0 Å². The number of carbonyl (C=O) groups excluding carboxylic acids is 3. The minimum Gasteiger partial charge on any atom is -0.396 e. The number of unbranched alkanes of at least 4 members (excludes halogenated alkanes) is 3. The fourth-order valence-electron chi connectivity index (χ4n) is 7.41. The van der Waals surface area contributed by atoms with E-state index in [2.05, 4.69) is 20.1 Å². The third kappa shape index (κ3) is 5.48. The first-order valence-corrected chi connectivity index (χ1v) is 15.3. The molecule has 224 valence electrons. The largest absolute Gasteiger partial charge is 0.396 e. The summed E-state index contributed by atoms with van der Waals surface area (Å²) in [6.45, 7) is 13.5. The van der Waals surface area contributed by atoms with Crippen molar-refractivity contribution in [3.63, 3.8) is 0 Å². The lowest BCUT2D eigenvalue weighted by atomic mass is 9.64. The van der Waals surface area contributed by atoms with Crippen molar-refractivity contribution in [2.75, 3.05) is 37.7 Å². The molecule has 8 heteroatoms. The van der Waals surface area contributed by atoms with Gasteiger partial charge in [0, 0.05) is 38.5 Å². The second kappa shape index (κ2) is 13.3. The third-order valence-electron chi connectivity index (χ3n) is 9.33. The molecule has 0 aliphatic carbocycles. The monoisotopic (exact) mass is 565 g/mol. The number of aliphatic hydroxyl groups excluding tert-OH is 1. The van der Waals surface area contributed by atoms with Crippen molar-refractivity contribution in [1.82, 2.24) is 9.80 Å². The Morgan fingerprint density at radius 2 is 1.78 bits per heavy atom. The Morgan fingerprint density at radius 3 is 2.41 bits per heavy atom. The third-order valence-corrected chi connectivity index (χ3v) is 9.33. The van der Waals surface area contributed by atoms with Gasteiger partial charge in [0.25, 0.3) is 0 Å². The SMILES string of the molecule is C=CCN(CCCCC)C(=O)C1N(CCCCO)C(=O)[C@@H]2[C@H](C(=O)N(CC=C)c3ccccc3)[C@]3(CC)CCC12O3. The van der Waals surface area contributed by atoms with Gasteiger partial charge >= 0.3 is 0 Å². The molecule has 0 aromatic heterocycles. The summed E-state index contributed by atoms with van der Waals surface area (Å²) in [5.41, 5.74) is -1.14. The van der Waals surface area contributed by atoms with Gasteiger partial charge in [0.2, 0.25) is 17.7 Å². The predicted molar refractivity (Wildman–Crippen MR) is 160 cm³/mol. The van der Waals surface area contributed by atoms with Crippen LogP contribution in [0.15, 0.2) is 55.6 Å². The number of anilines is 1. The van der Waals surface area contributed by atoms with Crippen molar-refractivity contribution in [3.05, 3.63) is 55.6 Å². The maximum Gasteiger partial charge on any atom is 0.248 e. The molecule has 2 unspecified atom stereocenters. The summed E-state index contributed by atoms with van der Waals surface area (Å²) >= 11 is 0. The summed E-state index contributed by atoms with van der Waals surface area (Å²) in [5.74, 6) is -1.93. The van der Waals surface area contributed by atoms with Gasteiger partial charge in [-0.3, -0.25) is 14.4 Å². The quantitative estimate of drug-likeness (QED) is 0.238. The average Bonchev–Trinajstić information content (AvgIpc) is 3.59.